The number of nitrogens with zero attached hydrogens (tertiary/aromatic N) is 15. The van der Waals surface area contributed by atoms with E-state index in [9.17, 15) is 24.0 Å². The van der Waals surface area contributed by atoms with E-state index in [0.717, 1.165) is 179 Å². The Kier molecular flexibility index (Phi) is 28.1. The number of fused-ring (bicyclic) bond motifs is 5. The van der Waals surface area contributed by atoms with Crippen molar-refractivity contribution in [2.24, 2.45) is 5.92 Å². The van der Waals surface area contributed by atoms with Crippen LogP contribution in [0.4, 0.5) is 28.4 Å². The van der Waals surface area contributed by atoms with Gasteiger partial charge in [-0.3, -0.25) is 28.9 Å². The van der Waals surface area contributed by atoms with Crippen LogP contribution < -0.4 is 26.6 Å². The number of hydrogen-bond acceptors (Lipinski definition) is 16. The number of hydrogen-bond donors (Lipinski definition) is 5. The summed E-state index contributed by atoms with van der Waals surface area (Å²) in [5.41, 5.74) is 16.9. The number of pyridine rings is 5. The molecule has 26 nitrogen and oxygen atoms in total. The highest BCUT2D eigenvalue weighted by Gasteiger charge is 2.34. The monoisotopic (exact) mass is 1880 g/mol. The Hall–Kier alpha value is -11.4. The molecule has 5 fully saturated rings. The van der Waals surface area contributed by atoms with Gasteiger partial charge >= 0.3 is 0 Å². The molecular formula is C97H97Cl7N20O6. The Labute approximate surface area is 786 Å². The molecule has 0 unspecified atom stereocenters. The Morgan fingerprint density at radius 3 is 1.00 bits per heavy atom. The number of aryl methyl sites for hydroxylation is 6. The largest absolute Gasteiger partial charge is 0.379 e. The summed E-state index contributed by atoms with van der Waals surface area (Å²) in [4.78, 5) is 88.0. The van der Waals surface area contributed by atoms with Gasteiger partial charge in [-0.25, -0.2) is 43.6 Å². The van der Waals surface area contributed by atoms with Crippen LogP contribution in [0.5, 0.6) is 0 Å². The van der Waals surface area contributed by atoms with E-state index < -0.39 is 0 Å². The van der Waals surface area contributed by atoms with Gasteiger partial charge in [0, 0.05) is 107 Å². The van der Waals surface area contributed by atoms with Crippen molar-refractivity contribution in [3.05, 3.63) is 267 Å². The van der Waals surface area contributed by atoms with E-state index in [4.69, 9.17) is 85.9 Å². The van der Waals surface area contributed by atoms with Gasteiger partial charge in [0.05, 0.1) is 135 Å². The van der Waals surface area contributed by atoms with Gasteiger partial charge in [-0.1, -0.05) is 151 Å². The van der Waals surface area contributed by atoms with Crippen molar-refractivity contribution < 1.29 is 28.7 Å². The van der Waals surface area contributed by atoms with Gasteiger partial charge in [-0.15, -0.1) is 0 Å². The fourth-order valence-corrected chi connectivity index (χ4v) is 17.5. The first-order valence-electron chi connectivity index (χ1n) is 43.4. The first-order chi connectivity index (χ1) is 62.5. The second-order valence-electron chi connectivity index (χ2n) is 34.1. The van der Waals surface area contributed by atoms with Gasteiger partial charge in [0.1, 0.15) is 5.65 Å². The minimum Gasteiger partial charge on any atom is -0.379 e. The Morgan fingerprint density at radius 1 is 0.369 bits per heavy atom. The second-order valence-corrected chi connectivity index (χ2v) is 36.8. The van der Waals surface area contributed by atoms with E-state index in [1.54, 1.807) is 60.9 Å². The van der Waals surface area contributed by atoms with Crippen LogP contribution in [0.3, 0.4) is 0 Å². The molecule has 5 N–H and O–H groups in total. The molecule has 1 aliphatic heterocycles. The number of morpholine rings is 1. The maximum atomic E-state index is 12.8. The summed E-state index contributed by atoms with van der Waals surface area (Å²) in [5.74, 6) is 0.253. The second kappa shape index (κ2) is 39.7. The van der Waals surface area contributed by atoms with Crippen molar-refractivity contribution in [3.8, 4) is 0 Å². The van der Waals surface area contributed by atoms with Gasteiger partial charge in [0.2, 0.25) is 0 Å². The average molecular weight is 1890 g/mol. The molecule has 11 heterocycles. The van der Waals surface area contributed by atoms with E-state index in [-0.39, 0.29) is 29.5 Å². The fraction of sp³-hybridized carbons (Fsp3) is 0.320. The first kappa shape index (κ1) is 91.9. The number of nitrogens with one attached hydrogen (secondary N) is 5. The third-order valence-electron chi connectivity index (χ3n) is 23.3. The first-order valence-corrected chi connectivity index (χ1v) is 46.1. The van der Waals surface area contributed by atoms with Crippen LogP contribution in [-0.4, -0.2) is 136 Å². The number of benzene rings is 5. The molecule has 5 aromatic carbocycles. The Bertz CT molecular complexity index is 6630. The molecule has 670 valence electrons. The molecule has 10 aromatic heterocycles. The molecule has 5 aliphatic rings. The lowest BCUT2D eigenvalue weighted by Crippen LogP contribution is -2.38. The molecule has 0 atom stereocenters. The van der Waals surface area contributed by atoms with Crippen LogP contribution in [0.1, 0.15) is 206 Å². The Morgan fingerprint density at radius 2 is 0.669 bits per heavy atom. The SMILES string of the molecule is Cc1ccc(NC(=O)c2cnc3c(c(C)nn3C3CC3)c2Cl)cc1.Cc1cn(CC2CC2)c2ncc(C(=O)Nc3ccc(C(C)C)cc3)c(Cl)c12.Cc1nn(C2CC2)c2ncc(C(=O)Nc3ccc(C(C)C)cc3)c(Cl)c12.Cc1nn(C2CC2)c2ncc(C(=O)Nc3ccc(Cl)cc3)c(Cl)c12.Cc1nn(CCN2CCOCC2)c2ncc(C(=O)Nc3ccc(Cl)cc3)c(Cl)c12. The zero-order valence-corrected chi connectivity index (χ0v) is 78.7. The molecular weight excluding hydrogens is 1790 g/mol. The molecule has 0 spiro atoms. The number of halogens is 7. The minimum atomic E-state index is -0.327. The average Bonchev–Trinajstić information content (AvgIpc) is 1.60. The lowest BCUT2D eigenvalue weighted by molar-refractivity contribution is 0.0361. The van der Waals surface area contributed by atoms with Crippen molar-refractivity contribution in [3.63, 3.8) is 0 Å². The zero-order valence-electron chi connectivity index (χ0n) is 73.4. The van der Waals surface area contributed by atoms with Crippen LogP contribution in [0.25, 0.3) is 55.2 Å². The molecule has 130 heavy (non-hydrogen) atoms. The quantitative estimate of drug-likeness (QED) is 0.0474. The van der Waals surface area contributed by atoms with Gasteiger partial charge in [0.15, 0.2) is 22.6 Å². The lowest BCUT2D eigenvalue weighted by atomic mass is 10.0. The number of anilines is 5. The van der Waals surface area contributed by atoms with Crippen molar-refractivity contribution >= 4 is 194 Å². The van der Waals surface area contributed by atoms with Gasteiger partial charge in [-0.2, -0.15) is 20.4 Å². The smallest absolute Gasteiger partial charge is 0.258 e. The highest BCUT2D eigenvalue weighted by molar-refractivity contribution is 6.42. The number of carbonyl (C=O) groups is 5. The molecule has 4 saturated carbocycles. The van der Waals surface area contributed by atoms with Crippen LogP contribution in [-0.2, 0) is 17.8 Å². The third kappa shape index (κ3) is 21.0. The van der Waals surface area contributed by atoms with Gasteiger partial charge in [0.25, 0.3) is 29.5 Å². The predicted molar refractivity (Wildman–Crippen MR) is 518 cm³/mol. The molecule has 33 heteroatoms. The normalized spacial score (nSPS) is 14.3. The summed E-state index contributed by atoms with van der Waals surface area (Å²) < 4.78 is 15.2. The summed E-state index contributed by atoms with van der Waals surface area (Å²) in [5, 5.41) is 39.6. The zero-order chi connectivity index (χ0) is 91.6. The summed E-state index contributed by atoms with van der Waals surface area (Å²) in [6, 6.07) is 38.4. The van der Waals surface area contributed by atoms with Crippen molar-refractivity contribution in [1.29, 1.82) is 0 Å². The van der Waals surface area contributed by atoms with E-state index in [1.807, 2.05) is 133 Å². The maximum absolute atomic E-state index is 12.8. The summed E-state index contributed by atoms with van der Waals surface area (Å²) >= 11 is 44.5. The fourth-order valence-electron chi connectivity index (χ4n) is 15.4. The summed E-state index contributed by atoms with van der Waals surface area (Å²) in [6.07, 6.45) is 19.0. The molecule has 1 saturated heterocycles. The van der Waals surface area contributed by atoms with Crippen molar-refractivity contribution in [2.45, 2.75) is 164 Å². The van der Waals surface area contributed by atoms with E-state index in [1.165, 1.54) is 42.6 Å². The number of carbonyl (C=O) groups excluding carboxylic acids is 5. The highest BCUT2D eigenvalue weighted by Crippen LogP contribution is 2.44. The molecule has 0 bridgehead atoms. The van der Waals surface area contributed by atoms with Crippen LogP contribution in [0.2, 0.25) is 35.2 Å². The lowest BCUT2D eigenvalue weighted by Gasteiger charge is -2.26. The summed E-state index contributed by atoms with van der Waals surface area (Å²) in [7, 11) is 0. The van der Waals surface area contributed by atoms with Gasteiger partial charge in [-0.05, 0) is 212 Å². The number of rotatable bonds is 20. The Balaban J connectivity index is 0.000000119. The number of aromatic nitrogens is 14. The van der Waals surface area contributed by atoms with Crippen LogP contribution >= 0.6 is 81.2 Å². The summed E-state index contributed by atoms with van der Waals surface area (Å²) in [6.45, 7) is 26.0. The number of ether oxygens (including phenoxy) is 1. The van der Waals surface area contributed by atoms with Gasteiger partial charge < -0.3 is 35.9 Å². The third-order valence-corrected chi connectivity index (χ3v) is 25.8. The topological polar surface area (TPSA) is 299 Å². The molecule has 0 radical (unpaired) electrons. The molecule has 4 aliphatic carbocycles. The van der Waals surface area contributed by atoms with Crippen molar-refractivity contribution in [2.75, 3.05) is 59.4 Å². The molecule has 15 aromatic rings. The number of amides is 5. The van der Waals surface area contributed by atoms with Crippen LogP contribution in [0.15, 0.2) is 159 Å². The minimum absolute atomic E-state index is 0.235. The maximum Gasteiger partial charge on any atom is 0.258 e. The van der Waals surface area contributed by atoms with Crippen molar-refractivity contribution in [1.82, 2.24) is 73.5 Å². The highest BCUT2D eigenvalue weighted by atomic mass is 35.5. The molecule has 20 rings (SSSR count). The molecule has 5 amide bonds. The standard InChI is InChI=1S/C22H24ClN3O.C20H21Cl2N5O2.C20H21ClN4O.C18H17ClN4O.C17H14Cl2N4O/c1-13(2)16-6-8-17(9-7-16)25-22(27)18-10-24-21-19(20(18)23)14(3)11-26(21)12-15-4-5-15;1-13-17-18(22)16(20(28)24-15-4-2-14(21)3-5-15)12-23-19(17)27(25-13)7-6-26-8-10-29-11-9-26;1-11(2)13-4-6-14(7-5-13)23-20(26)16-10-22-19-17(18(16)21)12(3)24-25(19)15-8-9-15;1-10-3-5-12(6-4-10)21-18(24)14-9-20-17-15(16(14)19)11(2)22-23(17)13-7-8-13;1-9-14-15(19)13(8-20-16(14)23(22-9)12-6-7-12)17(24)21-11-4-2-10(18)3-5-11/h6-11,13,15H,4-5,12H2,1-3H3,(H,25,27);2-5,12H,6-11H2,1H3,(H,24,28);4-7,10-11,15H,8-9H2,1-3H3,(H,23,26);3-6,9,13H,7-8H2,1-2H3,(H,21,24);2-5,8,12H,6-7H2,1H3,(H,21,24). The predicted octanol–water partition coefficient (Wildman–Crippen LogP) is 23.4. The van der Waals surface area contributed by atoms with E-state index in [2.05, 4.69) is 115 Å². The van der Waals surface area contributed by atoms with E-state index in [0.29, 0.717) is 122 Å². The van der Waals surface area contributed by atoms with Crippen LogP contribution in [0, 0.1) is 47.5 Å². The van der Waals surface area contributed by atoms with E-state index >= 15 is 0 Å².